The molecule has 0 unspecified atom stereocenters. The van der Waals surface area contributed by atoms with Gasteiger partial charge in [0, 0.05) is 37.9 Å². The van der Waals surface area contributed by atoms with Crippen LogP contribution in [-0.2, 0) is 10.0 Å². The zero-order valence-corrected chi connectivity index (χ0v) is 18.7. The number of carbonyl (C=O) groups is 1. The predicted octanol–water partition coefficient (Wildman–Crippen LogP) is 2.64. The van der Waals surface area contributed by atoms with Gasteiger partial charge >= 0.3 is 0 Å². The molecule has 3 aromatic rings. The van der Waals surface area contributed by atoms with Crippen LogP contribution in [0.5, 0.6) is 0 Å². The number of piperazine rings is 1. The summed E-state index contributed by atoms with van der Waals surface area (Å²) in [4.78, 5) is 18.0. The van der Waals surface area contributed by atoms with Gasteiger partial charge in [-0.2, -0.15) is 4.31 Å². The standard InChI is InChI=1S/C22H24N6O3S/c1-16-6-7-20(23-15-16)24-21-8-9-22(26-25-21)27-10-12-28(13-11-27)32(30,31)19-5-3-4-18(14-19)17(2)29/h3-9,14-15H,10-13H2,1-2H3,(H,23,24,25). The summed E-state index contributed by atoms with van der Waals surface area (Å²) in [6.07, 6.45) is 1.77. The largest absolute Gasteiger partial charge is 0.352 e. The van der Waals surface area contributed by atoms with E-state index in [-0.39, 0.29) is 10.7 Å². The molecule has 0 spiro atoms. The lowest BCUT2D eigenvalue weighted by atomic mass is 10.2. The zero-order valence-electron chi connectivity index (χ0n) is 17.9. The lowest BCUT2D eigenvalue weighted by Gasteiger charge is -2.34. The minimum Gasteiger partial charge on any atom is -0.352 e. The highest BCUT2D eigenvalue weighted by Crippen LogP contribution is 2.22. The molecule has 2 aromatic heterocycles. The molecule has 0 atom stereocenters. The average Bonchev–Trinajstić information content (AvgIpc) is 2.81. The number of anilines is 3. The van der Waals surface area contributed by atoms with E-state index in [9.17, 15) is 13.2 Å². The maximum atomic E-state index is 13.0. The number of hydrogen-bond donors (Lipinski definition) is 1. The van der Waals surface area contributed by atoms with Crippen molar-refractivity contribution >= 4 is 33.3 Å². The van der Waals surface area contributed by atoms with Gasteiger partial charge in [0.2, 0.25) is 10.0 Å². The molecule has 1 N–H and O–H groups in total. The first-order chi connectivity index (χ1) is 15.3. The summed E-state index contributed by atoms with van der Waals surface area (Å²) < 4.78 is 27.4. The van der Waals surface area contributed by atoms with Crippen LogP contribution in [0.3, 0.4) is 0 Å². The summed E-state index contributed by atoms with van der Waals surface area (Å²) in [6, 6.07) is 13.7. The van der Waals surface area contributed by atoms with Gasteiger partial charge in [0.05, 0.1) is 4.90 Å². The second-order valence-electron chi connectivity index (χ2n) is 7.60. The third-order valence-corrected chi connectivity index (χ3v) is 7.15. The highest BCUT2D eigenvalue weighted by atomic mass is 32.2. The zero-order chi connectivity index (χ0) is 22.7. The van der Waals surface area contributed by atoms with Gasteiger partial charge < -0.3 is 10.2 Å². The molecule has 3 heterocycles. The first-order valence-electron chi connectivity index (χ1n) is 10.2. The Balaban J connectivity index is 1.39. The van der Waals surface area contributed by atoms with E-state index in [0.29, 0.717) is 49.2 Å². The third kappa shape index (κ3) is 4.76. The fourth-order valence-corrected chi connectivity index (χ4v) is 4.88. The fraction of sp³-hybridized carbons (Fsp3) is 0.273. The van der Waals surface area contributed by atoms with E-state index in [4.69, 9.17) is 0 Å². The number of aryl methyl sites for hydroxylation is 1. The van der Waals surface area contributed by atoms with Crippen molar-refractivity contribution in [1.29, 1.82) is 0 Å². The molecular formula is C22H24N6O3S. The first-order valence-corrected chi connectivity index (χ1v) is 11.7. The summed E-state index contributed by atoms with van der Waals surface area (Å²) in [5.74, 6) is 1.78. The molecule has 10 heteroatoms. The summed E-state index contributed by atoms with van der Waals surface area (Å²) in [6.45, 7) is 5.02. The van der Waals surface area contributed by atoms with E-state index in [0.717, 1.165) is 5.56 Å². The Kier molecular flexibility index (Phi) is 6.15. The van der Waals surface area contributed by atoms with Gasteiger partial charge in [-0.1, -0.05) is 18.2 Å². The lowest BCUT2D eigenvalue weighted by molar-refractivity contribution is 0.101. The number of benzene rings is 1. The summed E-state index contributed by atoms with van der Waals surface area (Å²) >= 11 is 0. The maximum absolute atomic E-state index is 13.0. The molecule has 0 aliphatic carbocycles. The van der Waals surface area contributed by atoms with Crippen LogP contribution in [0.2, 0.25) is 0 Å². The molecule has 4 rings (SSSR count). The van der Waals surface area contributed by atoms with Crippen LogP contribution in [0.15, 0.2) is 59.6 Å². The second-order valence-corrected chi connectivity index (χ2v) is 9.54. The van der Waals surface area contributed by atoms with Gasteiger partial charge in [-0.15, -0.1) is 10.2 Å². The number of hydrogen-bond acceptors (Lipinski definition) is 8. The molecule has 32 heavy (non-hydrogen) atoms. The Hall–Kier alpha value is -3.37. The summed E-state index contributed by atoms with van der Waals surface area (Å²) in [7, 11) is -3.67. The van der Waals surface area contributed by atoms with Crippen molar-refractivity contribution in [2.75, 3.05) is 36.4 Å². The molecule has 1 saturated heterocycles. The maximum Gasteiger partial charge on any atom is 0.243 e. The SMILES string of the molecule is CC(=O)c1cccc(S(=O)(=O)N2CCN(c3ccc(Nc4ccc(C)cn4)nn3)CC2)c1. The van der Waals surface area contributed by atoms with Crippen molar-refractivity contribution in [3.63, 3.8) is 0 Å². The Morgan fingerprint density at radius 3 is 2.34 bits per heavy atom. The van der Waals surface area contributed by atoms with E-state index in [1.54, 1.807) is 18.3 Å². The fourth-order valence-electron chi connectivity index (χ4n) is 3.42. The lowest BCUT2D eigenvalue weighted by Crippen LogP contribution is -2.49. The molecule has 0 amide bonds. The van der Waals surface area contributed by atoms with Gasteiger partial charge in [0.25, 0.3) is 0 Å². The number of rotatable bonds is 6. The molecule has 1 fully saturated rings. The summed E-state index contributed by atoms with van der Waals surface area (Å²) in [5, 5.41) is 11.6. The average molecular weight is 453 g/mol. The molecule has 9 nitrogen and oxygen atoms in total. The van der Waals surface area contributed by atoms with Crippen LogP contribution < -0.4 is 10.2 Å². The van der Waals surface area contributed by atoms with Crippen molar-refractivity contribution in [2.45, 2.75) is 18.7 Å². The number of pyridine rings is 1. The molecule has 1 aliphatic heterocycles. The van der Waals surface area contributed by atoms with Gasteiger partial charge in [-0.25, -0.2) is 13.4 Å². The molecule has 166 valence electrons. The van der Waals surface area contributed by atoms with E-state index in [2.05, 4.69) is 20.5 Å². The van der Waals surface area contributed by atoms with Crippen LogP contribution in [0.4, 0.5) is 17.5 Å². The number of nitrogens with one attached hydrogen (secondary N) is 1. The van der Waals surface area contributed by atoms with Crippen molar-refractivity contribution in [2.24, 2.45) is 0 Å². The van der Waals surface area contributed by atoms with Crippen LogP contribution in [-0.4, -0.2) is 59.9 Å². The Bertz CT molecular complexity index is 1210. The number of Topliss-reactive ketones (excluding diaryl/α,β-unsaturated/α-hetero) is 1. The van der Waals surface area contributed by atoms with Gasteiger partial charge in [-0.3, -0.25) is 4.79 Å². The molecule has 0 radical (unpaired) electrons. The van der Waals surface area contributed by atoms with Crippen molar-refractivity contribution < 1.29 is 13.2 Å². The Morgan fingerprint density at radius 1 is 0.969 bits per heavy atom. The minimum atomic E-state index is -3.67. The van der Waals surface area contributed by atoms with Crippen LogP contribution in [0.1, 0.15) is 22.8 Å². The number of sulfonamides is 1. The van der Waals surface area contributed by atoms with Crippen molar-refractivity contribution in [3.05, 3.63) is 65.9 Å². The van der Waals surface area contributed by atoms with Gasteiger partial charge in [0.15, 0.2) is 17.4 Å². The van der Waals surface area contributed by atoms with E-state index >= 15 is 0 Å². The highest BCUT2D eigenvalue weighted by molar-refractivity contribution is 7.89. The minimum absolute atomic E-state index is 0.138. The third-order valence-electron chi connectivity index (χ3n) is 5.26. The number of aromatic nitrogens is 3. The molecule has 0 bridgehead atoms. The molecule has 1 aromatic carbocycles. The van der Waals surface area contributed by atoms with E-state index in [1.807, 2.05) is 36.1 Å². The van der Waals surface area contributed by atoms with Gasteiger partial charge in [-0.05, 0) is 49.7 Å². The van der Waals surface area contributed by atoms with Crippen LogP contribution in [0, 0.1) is 6.92 Å². The molecule has 0 saturated carbocycles. The smallest absolute Gasteiger partial charge is 0.243 e. The predicted molar refractivity (Wildman–Crippen MR) is 122 cm³/mol. The van der Waals surface area contributed by atoms with Crippen molar-refractivity contribution in [3.8, 4) is 0 Å². The molecule has 1 aliphatic rings. The monoisotopic (exact) mass is 452 g/mol. The first kappa shape index (κ1) is 21.8. The van der Waals surface area contributed by atoms with E-state index < -0.39 is 10.0 Å². The number of nitrogens with zero attached hydrogens (tertiary/aromatic N) is 5. The summed E-state index contributed by atoms with van der Waals surface area (Å²) in [5.41, 5.74) is 1.46. The number of ketones is 1. The normalized spacial score (nSPS) is 14.9. The second kappa shape index (κ2) is 9.01. The highest BCUT2D eigenvalue weighted by Gasteiger charge is 2.29. The van der Waals surface area contributed by atoms with E-state index in [1.165, 1.54) is 23.4 Å². The van der Waals surface area contributed by atoms with Gasteiger partial charge in [0.1, 0.15) is 5.82 Å². The quantitative estimate of drug-likeness (QED) is 0.569. The van der Waals surface area contributed by atoms with Crippen molar-refractivity contribution in [1.82, 2.24) is 19.5 Å². The topological polar surface area (TPSA) is 108 Å². The van der Waals surface area contributed by atoms with Crippen LogP contribution in [0.25, 0.3) is 0 Å². The molecular weight excluding hydrogens is 428 g/mol. The Morgan fingerprint density at radius 2 is 1.72 bits per heavy atom. The number of carbonyl (C=O) groups excluding carboxylic acids is 1. The Labute approximate surface area is 187 Å². The van der Waals surface area contributed by atoms with Crippen LogP contribution >= 0.6 is 0 Å².